The van der Waals surface area contributed by atoms with E-state index in [-0.39, 0.29) is 23.0 Å². The first-order valence-corrected chi connectivity index (χ1v) is 7.36. The van der Waals surface area contributed by atoms with E-state index in [0.717, 1.165) is 5.69 Å². The molecule has 3 aromatic rings. The third-order valence-corrected chi connectivity index (χ3v) is 3.64. The Labute approximate surface area is 141 Å². The molecule has 3 rings (SSSR count). The van der Waals surface area contributed by atoms with Crippen LogP contribution in [0.15, 0.2) is 48.8 Å². The lowest BCUT2D eigenvalue weighted by Crippen LogP contribution is -2.14. The molecule has 3 N–H and O–H groups in total. The molecule has 122 valence electrons. The lowest BCUT2D eigenvalue weighted by molar-refractivity contribution is 0.0967. The van der Waals surface area contributed by atoms with E-state index in [4.69, 9.17) is 18.0 Å². The number of halogens is 1. The van der Waals surface area contributed by atoms with Gasteiger partial charge in [0.1, 0.15) is 12.4 Å². The number of aromatic nitrogens is 4. The first-order valence-electron chi connectivity index (χ1n) is 6.96. The summed E-state index contributed by atoms with van der Waals surface area (Å²) in [6, 6.07) is 8.76. The summed E-state index contributed by atoms with van der Waals surface area (Å²) in [7, 11) is 0. The van der Waals surface area contributed by atoms with Crippen LogP contribution in [0, 0.1) is 10.6 Å². The highest BCUT2D eigenvalue weighted by Gasteiger charge is 2.13. The molecule has 0 spiro atoms. The smallest absolute Gasteiger partial charge is 0.240 e. The van der Waals surface area contributed by atoms with Crippen molar-refractivity contribution in [2.45, 2.75) is 6.54 Å². The molecule has 2 aromatic heterocycles. The molecule has 0 unspecified atom stereocenters. The molecular weight excluding hydrogens is 331 g/mol. The van der Waals surface area contributed by atoms with Crippen molar-refractivity contribution in [3.63, 3.8) is 0 Å². The molecule has 0 fully saturated rings. The van der Waals surface area contributed by atoms with E-state index < -0.39 is 5.82 Å². The van der Waals surface area contributed by atoms with Crippen molar-refractivity contribution >= 4 is 29.6 Å². The van der Waals surface area contributed by atoms with Crippen molar-refractivity contribution in [1.29, 1.82) is 0 Å². The van der Waals surface area contributed by atoms with Crippen LogP contribution in [0.4, 0.5) is 16.0 Å². The molecule has 1 aromatic carbocycles. The van der Waals surface area contributed by atoms with E-state index in [1.165, 1.54) is 33.6 Å². The Hall–Kier alpha value is -3.07. The number of nitrogens with zero attached hydrogens (tertiary/aromatic N) is 4. The van der Waals surface area contributed by atoms with Crippen molar-refractivity contribution in [2.75, 3.05) is 11.2 Å². The number of Topliss-reactive ketones (excluding diaryl/α,β-unsaturated/α-hetero) is 1. The zero-order chi connectivity index (χ0) is 17.1. The number of rotatable bonds is 5. The fourth-order valence-electron chi connectivity index (χ4n) is 2.05. The summed E-state index contributed by atoms with van der Waals surface area (Å²) in [5, 5.41) is 4.07. The van der Waals surface area contributed by atoms with Crippen LogP contribution in [0.25, 0.3) is 0 Å². The van der Waals surface area contributed by atoms with Gasteiger partial charge >= 0.3 is 0 Å². The molecule has 0 aliphatic carbocycles. The number of benzene rings is 1. The molecule has 7 nitrogen and oxygen atoms in total. The second kappa shape index (κ2) is 6.59. The zero-order valence-electron chi connectivity index (χ0n) is 12.4. The Morgan fingerprint density at radius 1 is 1.21 bits per heavy atom. The number of anilines is 2. The van der Waals surface area contributed by atoms with Gasteiger partial charge in [-0.2, -0.15) is 4.68 Å². The van der Waals surface area contributed by atoms with Gasteiger partial charge in [-0.1, -0.05) is 0 Å². The molecule has 0 atom stereocenters. The molecule has 9 heteroatoms. The third-order valence-electron chi connectivity index (χ3n) is 3.25. The van der Waals surface area contributed by atoms with E-state index in [9.17, 15) is 9.18 Å². The van der Waals surface area contributed by atoms with E-state index in [1.807, 2.05) is 0 Å². The maximum Gasteiger partial charge on any atom is 0.240 e. The predicted molar refractivity (Wildman–Crippen MR) is 89.5 cm³/mol. The second-order valence-corrected chi connectivity index (χ2v) is 5.28. The van der Waals surface area contributed by atoms with Gasteiger partial charge in [-0.05, 0) is 48.6 Å². The highest BCUT2D eigenvalue weighted by molar-refractivity contribution is 7.71. The summed E-state index contributed by atoms with van der Waals surface area (Å²) in [5.41, 5.74) is 9.92. The number of nitrogens with one attached hydrogen (secondary N) is 1. The molecule has 2 heterocycles. The molecule has 0 amide bonds. The van der Waals surface area contributed by atoms with Gasteiger partial charge in [0.15, 0.2) is 5.78 Å². The highest BCUT2D eigenvalue weighted by atomic mass is 32.1. The van der Waals surface area contributed by atoms with Gasteiger partial charge in [0.2, 0.25) is 10.7 Å². The van der Waals surface area contributed by atoms with E-state index >= 15 is 0 Å². The molecule has 0 saturated heterocycles. The lowest BCUT2D eigenvalue weighted by Gasteiger charge is -2.07. The topological polar surface area (TPSA) is 90.8 Å². The van der Waals surface area contributed by atoms with Crippen molar-refractivity contribution in [3.05, 3.63) is 64.9 Å². The minimum atomic E-state index is -0.404. The van der Waals surface area contributed by atoms with Gasteiger partial charge in [-0.15, -0.1) is 5.10 Å². The number of carbonyl (C=O) groups excluding carboxylic acids is 1. The van der Waals surface area contributed by atoms with Gasteiger partial charge in [0.25, 0.3) is 0 Å². The highest BCUT2D eigenvalue weighted by Crippen LogP contribution is 2.10. The normalized spacial score (nSPS) is 10.5. The predicted octanol–water partition coefficient (Wildman–Crippen LogP) is 2.29. The van der Waals surface area contributed by atoms with Crippen LogP contribution >= 0.6 is 12.2 Å². The number of carbonyl (C=O) groups is 1. The van der Waals surface area contributed by atoms with Gasteiger partial charge < -0.3 is 5.73 Å². The van der Waals surface area contributed by atoms with Crippen molar-refractivity contribution in [3.8, 4) is 0 Å². The number of ketones is 1. The number of hydrogen-bond donors (Lipinski definition) is 2. The van der Waals surface area contributed by atoms with Gasteiger partial charge in [-0.25, -0.2) is 9.07 Å². The van der Waals surface area contributed by atoms with Crippen LogP contribution in [0.2, 0.25) is 0 Å². The summed E-state index contributed by atoms with van der Waals surface area (Å²) in [5.74, 6) is -0.540. The number of pyridine rings is 1. The molecule has 0 aliphatic heterocycles. The van der Waals surface area contributed by atoms with Gasteiger partial charge in [-0.3, -0.25) is 15.2 Å². The number of nitrogens with two attached hydrogens (primary N) is 1. The van der Waals surface area contributed by atoms with Crippen LogP contribution in [0.5, 0.6) is 0 Å². The summed E-state index contributed by atoms with van der Waals surface area (Å²) in [6.45, 7) is -0.0975. The second-order valence-electron chi connectivity index (χ2n) is 4.91. The van der Waals surface area contributed by atoms with Crippen LogP contribution in [-0.4, -0.2) is 25.2 Å². The van der Waals surface area contributed by atoms with E-state index in [2.05, 4.69) is 15.5 Å². The quantitative estimate of drug-likeness (QED) is 0.545. The molecule has 0 saturated carbocycles. The largest absolute Gasteiger partial charge is 0.366 e. The standard InChI is InChI=1S/C15H13FN6OS/c16-11-3-1-10(2-4-11)13(23)9-21-15(24)22(14(17)20-21)19-12-5-7-18-8-6-12/h1-8H,9H2,(H2,17,20)(H,18,19). The monoisotopic (exact) mass is 344 g/mol. The maximum atomic E-state index is 12.9. The molecule has 0 aliphatic rings. The summed E-state index contributed by atoms with van der Waals surface area (Å²) in [4.78, 5) is 16.2. The van der Waals surface area contributed by atoms with Crippen LogP contribution in [-0.2, 0) is 6.54 Å². The zero-order valence-corrected chi connectivity index (χ0v) is 13.2. The fourth-order valence-corrected chi connectivity index (χ4v) is 2.30. The van der Waals surface area contributed by atoms with Crippen molar-refractivity contribution < 1.29 is 9.18 Å². The Kier molecular flexibility index (Phi) is 4.34. The SMILES string of the molecule is Nc1nn(CC(=O)c2ccc(F)cc2)c(=S)n1Nc1ccncc1. The Bertz CT molecular complexity index is 919. The van der Waals surface area contributed by atoms with Crippen molar-refractivity contribution in [1.82, 2.24) is 19.4 Å². The maximum absolute atomic E-state index is 12.9. The van der Waals surface area contributed by atoms with Gasteiger partial charge in [0.05, 0.1) is 5.69 Å². The lowest BCUT2D eigenvalue weighted by atomic mass is 10.1. The Morgan fingerprint density at radius 2 is 1.88 bits per heavy atom. The molecule has 24 heavy (non-hydrogen) atoms. The van der Waals surface area contributed by atoms with Crippen LogP contribution < -0.4 is 11.2 Å². The molecule has 0 radical (unpaired) electrons. The van der Waals surface area contributed by atoms with Crippen LogP contribution in [0.1, 0.15) is 10.4 Å². The minimum Gasteiger partial charge on any atom is -0.366 e. The van der Waals surface area contributed by atoms with E-state index in [0.29, 0.717) is 5.56 Å². The number of hydrogen-bond acceptors (Lipinski definition) is 6. The Morgan fingerprint density at radius 3 is 2.54 bits per heavy atom. The third kappa shape index (κ3) is 3.30. The average molecular weight is 344 g/mol. The molecular formula is C15H13FN6OS. The van der Waals surface area contributed by atoms with Crippen LogP contribution in [0.3, 0.4) is 0 Å². The first-order chi connectivity index (χ1) is 11.5. The minimum absolute atomic E-state index is 0.0975. The molecule has 0 bridgehead atoms. The summed E-state index contributed by atoms with van der Waals surface area (Å²) in [6.07, 6.45) is 3.23. The first kappa shape index (κ1) is 15.8. The van der Waals surface area contributed by atoms with E-state index in [1.54, 1.807) is 24.5 Å². The number of nitrogen functional groups attached to an aromatic ring is 1. The fraction of sp³-hybridized carbons (Fsp3) is 0.0667. The Balaban J connectivity index is 1.82. The summed E-state index contributed by atoms with van der Waals surface area (Å²) < 4.78 is 15.9. The van der Waals surface area contributed by atoms with Gasteiger partial charge in [0, 0.05) is 18.0 Å². The summed E-state index contributed by atoms with van der Waals surface area (Å²) >= 11 is 5.29. The van der Waals surface area contributed by atoms with Crippen molar-refractivity contribution in [2.24, 2.45) is 0 Å². The average Bonchev–Trinajstić information content (AvgIpc) is 2.84.